The predicted molar refractivity (Wildman–Crippen MR) is 128 cm³/mol. The van der Waals surface area contributed by atoms with Crippen LogP contribution in [0.4, 0.5) is 5.82 Å². The van der Waals surface area contributed by atoms with Crippen LogP contribution in [0.1, 0.15) is 24.0 Å². The fourth-order valence-electron chi connectivity index (χ4n) is 3.40. The molecule has 1 saturated carbocycles. The Morgan fingerprint density at radius 3 is 2.66 bits per heavy atom. The maximum atomic E-state index is 10.1. The maximum Gasteiger partial charge on any atom is 0.162 e. The summed E-state index contributed by atoms with van der Waals surface area (Å²) < 4.78 is 0.932. The van der Waals surface area contributed by atoms with E-state index in [1.54, 1.807) is 23.7 Å². The van der Waals surface area contributed by atoms with Gasteiger partial charge in [-0.1, -0.05) is 42.2 Å². The Labute approximate surface area is 190 Å². The molecule has 1 atom stereocenters. The third-order valence-electron chi connectivity index (χ3n) is 5.38. The number of aliphatic hydroxyl groups is 1. The van der Waals surface area contributed by atoms with Gasteiger partial charge in [0.2, 0.25) is 0 Å². The Hall–Kier alpha value is -3.31. The summed E-state index contributed by atoms with van der Waals surface area (Å²) in [5.74, 6) is 7.46. The summed E-state index contributed by atoms with van der Waals surface area (Å²) >= 11 is 1.55. The van der Waals surface area contributed by atoms with E-state index in [9.17, 15) is 5.11 Å². The van der Waals surface area contributed by atoms with Crippen LogP contribution in [0.3, 0.4) is 0 Å². The van der Waals surface area contributed by atoms with Crippen LogP contribution < -0.4 is 11.1 Å². The minimum absolute atomic E-state index is 0.0601. The smallest absolute Gasteiger partial charge is 0.162 e. The van der Waals surface area contributed by atoms with Gasteiger partial charge in [0.25, 0.3) is 0 Å². The quantitative estimate of drug-likeness (QED) is 0.396. The van der Waals surface area contributed by atoms with Gasteiger partial charge in [-0.2, -0.15) is 0 Å². The van der Waals surface area contributed by atoms with Gasteiger partial charge in [0.05, 0.1) is 10.3 Å². The lowest BCUT2D eigenvalue weighted by Gasteiger charge is -2.14. The molecule has 1 unspecified atom stereocenters. The summed E-state index contributed by atoms with van der Waals surface area (Å²) in [5, 5.41) is 15.5. The van der Waals surface area contributed by atoms with E-state index in [1.807, 2.05) is 35.7 Å². The summed E-state index contributed by atoms with van der Waals surface area (Å²) in [6.07, 6.45) is 5.68. The highest BCUT2D eigenvalue weighted by Crippen LogP contribution is 2.35. The minimum Gasteiger partial charge on any atom is -0.378 e. The molecule has 0 spiro atoms. The standard InChI is InChI=1S/C25H23N5OS/c26-20(14-17-4-2-1-3-5-17)15-28-24-22-21(19(16-32-22)6-9-25(31)10-11-25)29-23(30-24)18-7-12-27-13-8-18/h1-5,7-8,12-13,16,20,31H,10-11,14-15,26H2,(H,28,29,30). The first kappa shape index (κ1) is 20.6. The molecule has 1 fully saturated rings. The highest BCUT2D eigenvalue weighted by atomic mass is 32.1. The molecule has 6 nitrogen and oxygen atoms in total. The highest BCUT2D eigenvalue weighted by molar-refractivity contribution is 7.18. The number of nitrogens with zero attached hydrogens (tertiary/aromatic N) is 3. The zero-order valence-corrected chi connectivity index (χ0v) is 18.3. The lowest BCUT2D eigenvalue weighted by atomic mass is 10.1. The molecule has 160 valence electrons. The third kappa shape index (κ3) is 4.63. The summed E-state index contributed by atoms with van der Waals surface area (Å²) in [4.78, 5) is 13.7. The van der Waals surface area contributed by atoms with Gasteiger partial charge < -0.3 is 16.2 Å². The molecule has 5 rings (SSSR count). The Morgan fingerprint density at radius 2 is 1.91 bits per heavy atom. The molecule has 3 aromatic heterocycles. The number of hydrogen-bond donors (Lipinski definition) is 3. The Morgan fingerprint density at radius 1 is 1.12 bits per heavy atom. The van der Waals surface area contributed by atoms with Crippen molar-refractivity contribution in [1.29, 1.82) is 0 Å². The van der Waals surface area contributed by atoms with Crippen LogP contribution in [0.2, 0.25) is 0 Å². The first-order valence-corrected chi connectivity index (χ1v) is 11.5. The van der Waals surface area contributed by atoms with Crippen molar-refractivity contribution < 1.29 is 5.11 Å². The first-order chi connectivity index (χ1) is 15.6. The minimum atomic E-state index is -0.833. The largest absolute Gasteiger partial charge is 0.378 e. The number of anilines is 1. The number of pyridine rings is 1. The van der Waals surface area contributed by atoms with Gasteiger partial charge in [-0.05, 0) is 37.0 Å². The van der Waals surface area contributed by atoms with Crippen LogP contribution in [0, 0.1) is 11.8 Å². The van der Waals surface area contributed by atoms with E-state index in [-0.39, 0.29) is 6.04 Å². The van der Waals surface area contributed by atoms with Crippen molar-refractivity contribution in [3.8, 4) is 23.2 Å². The van der Waals surface area contributed by atoms with Crippen LogP contribution in [0.5, 0.6) is 0 Å². The van der Waals surface area contributed by atoms with Crippen LogP contribution in [0.25, 0.3) is 21.6 Å². The number of nitrogens with one attached hydrogen (secondary N) is 1. The van der Waals surface area contributed by atoms with Gasteiger partial charge in [0, 0.05) is 35.9 Å². The van der Waals surface area contributed by atoms with Gasteiger partial charge in [-0.25, -0.2) is 9.97 Å². The third-order valence-corrected chi connectivity index (χ3v) is 6.36. The molecule has 1 aliphatic rings. The topological polar surface area (TPSA) is 97.0 Å². The summed E-state index contributed by atoms with van der Waals surface area (Å²) in [6.45, 7) is 0.579. The Bertz CT molecular complexity index is 1290. The molecule has 0 saturated heterocycles. The summed E-state index contributed by atoms with van der Waals surface area (Å²) in [5.41, 5.74) is 9.24. The number of benzene rings is 1. The Kier molecular flexibility index (Phi) is 5.58. The number of aromatic nitrogens is 3. The number of fused-ring (bicyclic) bond motifs is 1. The summed E-state index contributed by atoms with van der Waals surface area (Å²) in [6, 6.07) is 13.9. The maximum absolute atomic E-state index is 10.1. The molecule has 0 radical (unpaired) electrons. The molecular weight excluding hydrogens is 418 g/mol. The SMILES string of the molecule is NC(CNc1nc(-c2ccncc2)nc2c(C#CC3(O)CC3)csc12)Cc1ccccc1. The van der Waals surface area contributed by atoms with Gasteiger partial charge >= 0.3 is 0 Å². The molecule has 3 heterocycles. The average Bonchev–Trinajstić information content (AvgIpc) is 3.42. The predicted octanol–water partition coefficient (Wildman–Crippen LogP) is 3.61. The lowest BCUT2D eigenvalue weighted by molar-refractivity contribution is 0.212. The van der Waals surface area contributed by atoms with Crippen molar-refractivity contribution in [2.45, 2.75) is 30.9 Å². The Balaban J connectivity index is 1.46. The molecule has 1 aliphatic carbocycles. The second-order valence-corrected chi connectivity index (χ2v) is 8.95. The molecule has 4 N–H and O–H groups in total. The van der Waals surface area contributed by atoms with Crippen LogP contribution >= 0.6 is 11.3 Å². The second-order valence-electron chi connectivity index (χ2n) is 8.07. The lowest BCUT2D eigenvalue weighted by Crippen LogP contribution is -2.31. The molecule has 0 aliphatic heterocycles. The molecule has 0 bridgehead atoms. The zero-order chi connectivity index (χ0) is 22.0. The van der Waals surface area contributed by atoms with Gasteiger partial charge in [-0.15, -0.1) is 11.3 Å². The van der Waals surface area contributed by atoms with Crippen molar-refractivity contribution >= 4 is 27.4 Å². The molecule has 0 amide bonds. The zero-order valence-electron chi connectivity index (χ0n) is 17.5. The normalized spacial score (nSPS) is 15.1. The number of hydrogen-bond acceptors (Lipinski definition) is 7. The monoisotopic (exact) mass is 441 g/mol. The molecular formula is C25H23N5OS. The van der Waals surface area contributed by atoms with Crippen molar-refractivity contribution in [3.63, 3.8) is 0 Å². The number of nitrogens with two attached hydrogens (primary N) is 1. The van der Waals surface area contributed by atoms with Crippen molar-refractivity contribution in [1.82, 2.24) is 15.0 Å². The molecule has 1 aromatic carbocycles. The van der Waals surface area contributed by atoms with E-state index >= 15 is 0 Å². The van der Waals surface area contributed by atoms with E-state index in [0.29, 0.717) is 12.4 Å². The van der Waals surface area contributed by atoms with Crippen molar-refractivity contribution in [2.24, 2.45) is 5.73 Å². The van der Waals surface area contributed by atoms with E-state index in [1.165, 1.54) is 5.56 Å². The van der Waals surface area contributed by atoms with E-state index in [4.69, 9.17) is 15.7 Å². The van der Waals surface area contributed by atoms with Gasteiger partial charge in [0.15, 0.2) is 5.82 Å². The highest BCUT2D eigenvalue weighted by Gasteiger charge is 2.38. The van der Waals surface area contributed by atoms with Crippen LogP contribution in [-0.4, -0.2) is 38.2 Å². The van der Waals surface area contributed by atoms with Gasteiger partial charge in [0.1, 0.15) is 16.9 Å². The fraction of sp³-hybridized carbons (Fsp3) is 0.240. The first-order valence-electron chi connectivity index (χ1n) is 10.6. The number of thiophene rings is 1. The molecule has 7 heteroatoms. The van der Waals surface area contributed by atoms with Gasteiger partial charge in [-0.3, -0.25) is 4.98 Å². The fourth-order valence-corrected chi connectivity index (χ4v) is 4.30. The van der Waals surface area contributed by atoms with E-state index in [0.717, 1.165) is 46.4 Å². The average molecular weight is 442 g/mol. The molecule has 32 heavy (non-hydrogen) atoms. The van der Waals surface area contributed by atoms with Crippen LogP contribution in [0.15, 0.2) is 60.2 Å². The van der Waals surface area contributed by atoms with E-state index < -0.39 is 5.60 Å². The molecule has 4 aromatic rings. The van der Waals surface area contributed by atoms with Crippen molar-refractivity contribution in [2.75, 3.05) is 11.9 Å². The van der Waals surface area contributed by atoms with E-state index in [2.05, 4.69) is 34.3 Å². The number of rotatable bonds is 6. The van der Waals surface area contributed by atoms with Crippen molar-refractivity contribution in [3.05, 3.63) is 71.4 Å². The second kappa shape index (κ2) is 8.67. The van der Waals surface area contributed by atoms with Crippen LogP contribution in [-0.2, 0) is 6.42 Å². The summed E-state index contributed by atoms with van der Waals surface area (Å²) in [7, 11) is 0.